The van der Waals surface area contributed by atoms with Crippen molar-refractivity contribution in [1.29, 1.82) is 0 Å². The van der Waals surface area contributed by atoms with Gasteiger partial charge in [0.15, 0.2) is 0 Å². The van der Waals surface area contributed by atoms with Crippen molar-refractivity contribution in [2.24, 2.45) is 0 Å². The number of H-pyrrole nitrogens is 1. The molecule has 26 heavy (non-hydrogen) atoms. The minimum absolute atomic E-state index is 0.0483. The highest BCUT2D eigenvalue weighted by Crippen LogP contribution is 2.33. The van der Waals surface area contributed by atoms with E-state index >= 15 is 0 Å². The van der Waals surface area contributed by atoms with Crippen molar-refractivity contribution in [2.75, 3.05) is 26.3 Å². The van der Waals surface area contributed by atoms with Gasteiger partial charge in [0, 0.05) is 25.0 Å². The summed E-state index contributed by atoms with van der Waals surface area (Å²) in [4.78, 5) is 29.3. The van der Waals surface area contributed by atoms with Crippen LogP contribution in [0.3, 0.4) is 0 Å². The molecule has 1 amide bonds. The summed E-state index contributed by atoms with van der Waals surface area (Å²) < 4.78 is 13.5. The van der Waals surface area contributed by atoms with Crippen LogP contribution in [0.1, 0.15) is 23.3 Å². The number of carbonyl (C=O) groups excluding carboxylic acids is 1. The van der Waals surface area contributed by atoms with Gasteiger partial charge in [-0.05, 0) is 31.0 Å². The van der Waals surface area contributed by atoms with Gasteiger partial charge < -0.3 is 19.4 Å². The van der Waals surface area contributed by atoms with Crippen LogP contribution in [0.15, 0.2) is 41.5 Å². The van der Waals surface area contributed by atoms with Crippen LogP contribution in [0.2, 0.25) is 0 Å². The Labute approximate surface area is 150 Å². The number of aromatic amines is 1. The van der Waals surface area contributed by atoms with Gasteiger partial charge in [-0.25, -0.2) is 4.68 Å². The van der Waals surface area contributed by atoms with E-state index in [0.29, 0.717) is 38.5 Å². The van der Waals surface area contributed by atoms with E-state index < -0.39 is 5.60 Å². The zero-order valence-corrected chi connectivity index (χ0v) is 14.5. The van der Waals surface area contributed by atoms with Crippen LogP contribution < -0.4 is 5.56 Å². The van der Waals surface area contributed by atoms with Crippen molar-refractivity contribution in [3.8, 4) is 0 Å². The van der Waals surface area contributed by atoms with Gasteiger partial charge in [0.05, 0.1) is 32.4 Å². The molecule has 2 aromatic heterocycles. The van der Waals surface area contributed by atoms with Crippen molar-refractivity contribution in [3.05, 3.63) is 52.7 Å². The predicted molar refractivity (Wildman–Crippen MR) is 92.9 cm³/mol. The van der Waals surface area contributed by atoms with Gasteiger partial charge >= 0.3 is 0 Å². The van der Waals surface area contributed by atoms with Crippen molar-refractivity contribution < 1.29 is 14.3 Å². The maximum atomic E-state index is 12.7. The summed E-state index contributed by atoms with van der Waals surface area (Å²) >= 11 is 0. The van der Waals surface area contributed by atoms with E-state index in [9.17, 15) is 9.59 Å². The van der Waals surface area contributed by atoms with Crippen LogP contribution in [-0.4, -0.2) is 63.6 Å². The van der Waals surface area contributed by atoms with Gasteiger partial charge in [0.1, 0.15) is 11.3 Å². The molecule has 138 valence electrons. The molecule has 4 heterocycles. The number of hydrogen-bond donors (Lipinski definition) is 1. The largest absolute Gasteiger partial charge is 0.377 e. The summed E-state index contributed by atoms with van der Waals surface area (Å²) in [6, 6.07) is 6.69. The van der Waals surface area contributed by atoms with Gasteiger partial charge in [0.2, 0.25) is 0 Å². The SMILES string of the molecule is O=C(c1ccc[nH]1)N1CCOC[C@@]2(CC[C@H](Cn3ncccc3=O)O2)C1. The molecule has 2 saturated heterocycles. The minimum atomic E-state index is -0.526. The Morgan fingerprint density at radius 3 is 3.12 bits per heavy atom. The second-order valence-electron chi connectivity index (χ2n) is 6.87. The number of amides is 1. The second-order valence-corrected chi connectivity index (χ2v) is 6.87. The standard InChI is InChI=1S/C18H22N4O4/c23-16-4-2-8-20-22(16)11-14-5-6-18(26-14)12-21(9-10-25-13-18)17(24)15-3-1-7-19-15/h1-4,7-8,14,19H,5-6,9-13H2/t14-,18-/m1/s1. The fourth-order valence-electron chi connectivity index (χ4n) is 3.68. The van der Waals surface area contributed by atoms with E-state index in [2.05, 4.69) is 10.1 Å². The van der Waals surface area contributed by atoms with Gasteiger partial charge in [-0.15, -0.1) is 0 Å². The quantitative estimate of drug-likeness (QED) is 0.871. The molecule has 0 bridgehead atoms. The number of aromatic nitrogens is 3. The maximum absolute atomic E-state index is 12.7. The second kappa shape index (κ2) is 7.05. The van der Waals surface area contributed by atoms with Crippen LogP contribution in [-0.2, 0) is 16.0 Å². The van der Waals surface area contributed by atoms with Crippen LogP contribution in [0.4, 0.5) is 0 Å². The van der Waals surface area contributed by atoms with Crippen molar-refractivity contribution >= 4 is 5.91 Å². The Balaban J connectivity index is 1.46. The molecule has 2 fully saturated rings. The van der Waals surface area contributed by atoms with Crippen molar-refractivity contribution in [2.45, 2.75) is 31.1 Å². The highest BCUT2D eigenvalue weighted by Gasteiger charge is 2.44. The molecule has 8 nitrogen and oxygen atoms in total. The van der Waals surface area contributed by atoms with Crippen LogP contribution in [0.5, 0.6) is 0 Å². The van der Waals surface area contributed by atoms with E-state index in [1.165, 1.54) is 10.7 Å². The van der Waals surface area contributed by atoms with E-state index in [0.717, 1.165) is 12.8 Å². The lowest BCUT2D eigenvalue weighted by molar-refractivity contribution is -0.0883. The van der Waals surface area contributed by atoms with Gasteiger partial charge in [0.25, 0.3) is 11.5 Å². The Morgan fingerprint density at radius 2 is 2.31 bits per heavy atom. The third kappa shape index (κ3) is 3.42. The highest BCUT2D eigenvalue weighted by molar-refractivity contribution is 5.92. The maximum Gasteiger partial charge on any atom is 0.270 e. The Kier molecular flexibility index (Phi) is 4.60. The summed E-state index contributed by atoms with van der Waals surface area (Å²) in [5.74, 6) is -0.0483. The molecule has 2 aromatic rings. The molecular formula is C18H22N4O4. The lowest BCUT2D eigenvalue weighted by Crippen LogP contribution is -2.47. The van der Waals surface area contributed by atoms with Gasteiger partial charge in [-0.2, -0.15) is 5.10 Å². The molecule has 2 aliphatic rings. The first kappa shape index (κ1) is 17.0. The van der Waals surface area contributed by atoms with Crippen LogP contribution in [0.25, 0.3) is 0 Å². The highest BCUT2D eigenvalue weighted by atomic mass is 16.6. The van der Waals surface area contributed by atoms with E-state index in [1.54, 1.807) is 29.4 Å². The number of rotatable bonds is 3. The first-order valence-corrected chi connectivity index (χ1v) is 8.86. The van der Waals surface area contributed by atoms with Crippen molar-refractivity contribution in [1.82, 2.24) is 19.7 Å². The fraction of sp³-hybridized carbons (Fsp3) is 0.500. The van der Waals surface area contributed by atoms with Crippen LogP contribution >= 0.6 is 0 Å². The summed E-state index contributed by atoms with van der Waals surface area (Å²) in [5.41, 5.74) is -0.101. The normalized spacial score (nSPS) is 26.2. The Bertz CT molecular complexity index is 819. The Morgan fingerprint density at radius 1 is 1.38 bits per heavy atom. The average Bonchev–Trinajstić information content (AvgIpc) is 3.25. The molecule has 2 aliphatic heterocycles. The summed E-state index contributed by atoms with van der Waals surface area (Å²) in [6.45, 7) is 2.37. The average molecular weight is 358 g/mol. The molecule has 0 unspecified atom stereocenters. The Hall–Kier alpha value is -2.45. The number of carbonyl (C=O) groups is 1. The molecule has 0 aromatic carbocycles. The zero-order chi connectivity index (χ0) is 18.0. The number of nitrogens with one attached hydrogen (secondary N) is 1. The van der Waals surface area contributed by atoms with Gasteiger partial charge in [-0.1, -0.05) is 0 Å². The molecule has 0 aliphatic carbocycles. The third-order valence-electron chi connectivity index (χ3n) is 4.97. The monoisotopic (exact) mass is 358 g/mol. The predicted octanol–water partition coefficient (Wildman–Crippen LogP) is 0.662. The lowest BCUT2D eigenvalue weighted by Gasteiger charge is -2.31. The number of hydrogen-bond acceptors (Lipinski definition) is 5. The minimum Gasteiger partial charge on any atom is -0.377 e. The third-order valence-corrected chi connectivity index (χ3v) is 4.97. The first-order valence-electron chi connectivity index (χ1n) is 8.86. The van der Waals surface area contributed by atoms with E-state index in [1.807, 2.05) is 6.07 Å². The number of nitrogens with zero attached hydrogens (tertiary/aromatic N) is 3. The molecule has 0 saturated carbocycles. The zero-order valence-electron chi connectivity index (χ0n) is 14.5. The molecule has 1 spiro atoms. The van der Waals surface area contributed by atoms with Crippen molar-refractivity contribution in [3.63, 3.8) is 0 Å². The molecule has 1 N–H and O–H groups in total. The molecule has 0 radical (unpaired) electrons. The summed E-state index contributed by atoms with van der Waals surface area (Å²) in [6.07, 6.45) is 4.80. The fourth-order valence-corrected chi connectivity index (χ4v) is 3.68. The smallest absolute Gasteiger partial charge is 0.270 e. The number of ether oxygens (including phenoxy) is 2. The summed E-state index contributed by atoms with van der Waals surface area (Å²) in [7, 11) is 0. The topological polar surface area (TPSA) is 89.5 Å². The molecule has 8 heteroatoms. The molecule has 2 atom stereocenters. The summed E-state index contributed by atoms with van der Waals surface area (Å²) in [5, 5.41) is 4.10. The van der Waals surface area contributed by atoms with E-state index in [-0.39, 0.29) is 17.6 Å². The van der Waals surface area contributed by atoms with E-state index in [4.69, 9.17) is 9.47 Å². The molecule has 4 rings (SSSR count). The first-order chi connectivity index (χ1) is 12.7. The van der Waals surface area contributed by atoms with Crippen LogP contribution in [0, 0.1) is 0 Å². The molecular weight excluding hydrogens is 336 g/mol. The van der Waals surface area contributed by atoms with Gasteiger partial charge in [-0.3, -0.25) is 9.59 Å². The lowest BCUT2D eigenvalue weighted by atomic mass is 10.00.